The lowest BCUT2D eigenvalue weighted by Gasteiger charge is -2.07. The van der Waals surface area contributed by atoms with Gasteiger partial charge in [-0.2, -0.15) is 0 Å². The Kier molecular flexibility index (Phi) is 22.8. The fraction of sp³-hybridized carbons (Fsp3) is 0.955. The summed E-state index contributed by atoms with van der Waals surface area (Å²) in [6, 6.07) is 0. The molecule has 0 aliphatic rings. The van der Waals surface area contributed by atoms with Gasteiger partial charge in [0.05, 0.1) is 33.0 Å². The van der Waals surface area contributed by atoms with Gasteiger partial charge in [0.1, 0.15) is 0 Å². The summed E-state index contributed by atoms with van der Waals surface area (Å²) in [6.45, 7) is 8.77. The molecule has 0 saturated carbocycles. The van der Waals surface area contributed by atoms with E-state index in [1.807, 2.05) is 0 Å². The zero-order chi connectivity index (χ0) is 19.8. The predicted molar refractivity (Wildman–Crippen MR) is 110 cm³/mol. The molecule has 0 bridgehead atoms. The molecule has 0 radical (unpaired) electrons. The highest BCUT2D eigenvalue weighted by atomic mass is 16.5. The van der Waals surface area contributed by atoms with Crippen molar-refractivity contribution in [3.63, 3.8) is 0 Å². The summed E-state index contributed by atoms with van der Waals surface area (Å²) in [6.07, 6.45) is 13.3. The number of hydrogen-bond acceptors (Lipinski definition) is 5. The first-order valence-corrected chi connectivity index (χ1v) is 11.2. The van der Waals surface area contributed by atoms with Crippen LogP contribution in [0.5, 0.6) is 0 Å². The Bertz CT molecular complexity index is 296. The molecule has 0 heterocycles. The summed E-state index contributed by atoms with van der Waals surface area (Å²) in [5.74, 6) is -0.112. The average molecular weight is 389 g/mol. The van der Waals surface area contributed by atoms with Crippen molar-refractivity contribution in [2.75, 3.05) is 46.2 Å². The Labute approximate surface area is 167 Å². The highest BCUT2D eigenvalue weighted by molar-refractivity contribution is 5.69. The van der Waals surface area contributed by atoms with Crippen molar-refractivity contribution < 1.29 is 23.7 Å². The molecule has 0 N–H and O–H groups in total. The van der Waals surface area contributed by atoms with Crippen molar-refractivity contribution in [1.82, 2.24) is 0 Å². The number of rotatable bonds is 22. The quantitative estimate of drug-likeness (QED) is 0.186. The van der Waals surface area contributed by atoms with Crippen LogP contribution in [-0.2, 0) is 23.7 Å². The standard InChI is InChI=1S/C22H44O5/c1-3-5-7-9-10-12-17-27-22(23)14-13-16-25-19-21-26-20-18-24-15-11-8-6-4-2/h3-21H2,1-2H3. The van der Waals surface area contributed by atoms with E-state index in [4.69, 9.17) is 18.9 Å². The Morgan fingerprint density at radius 2 is 0.963 bits per heavy atom. The van der Waals surface area contributed by atoms with Gasteiger partial charge in [-0.1, -0.05) is 65.2 Å². The van der Waals surface area contributed by atoms with Crippen LogP contribution in [0, 0.1) is 0 Å². The van der Waals surface area contributed by atoms with Crippen LogP contribution in [-0.4, -0.2) is 52.2 Å². The van der Waals surface area contributed by atoms with Crippen LogP contribution in [0.3, 0.4) is 0 Å². The maximum Gasteiger partial charge on any atom is 0.305 e. The Morgan fingerprint density at radius 1 is 0.519 bits per heavy atom. The molecule has 27 heavy (non-hydrogen) atoms. The summed E-state index contributed by atoms with van der Waals surface area (Å²) in [5.41, 5.74) is 0. The lowest BCUT2D eigenvalue weighted by molar-refractivity contribution is -0.144. The Hall–Kier alpha value is -0.650. The van der Waals surface area contributed by atoms with Crippen LogP contribution < -0.4 is 0 Å². The largest absolute Gasteiger partial charge is 0.466 e. The molecular weight excluding hydrogens is 344 g/mol. The zero-order valence-corrected chi connectivity index (χ0v) is 18.0. The molecule has 0 aromatic rings. The molecular formula is C22H44O5. The normalized spacial score (nSPS) is 11.0. The van der Waals surface area contributed by atoms with Gasteiger partial charge >= 0.3 is 5.97 Å². The average Bonchev–Trinajstić information content (AvgIpc) is 2.67. The lowest BCUT2D eigenvalue weighted by Crippen LogP contribution is -2.11. The van der Waals surface area contributed by atoms with E-state index in [1.54, 1.807) is 0 Å². The molecule has 162 valence electrons. The van der Waals surface area contributed by atoms with Crippen LogP contribution in [0.4, 0.5) is 0 Å². The van der Waals surface area contributed by atoms with E-state index in [9.17, 15) is 4.79 Å². The number of esters is 1. The fourth-order valence-electron chi connectivity index (χ4n) is 2.63. The monoisotopic (exact) mass is 388 g/mol. The topological polar surface area (TPSA) is 54.0 Å². The molecule has 5 heteroatoms. The second-order valence-corrected chi connectivity index (χ2v) is 6.99. The van der Waals surface area contributed by atoms with E-state index in [2.05, 4.69) is 13.8 Å². The molecule has 0 atom stereocenters. The van der Waals surface area contributed by atoms with Gasteiger partial charge in [-0.05, 0) is 19.3 Å². The van der Waals surface area contributed by atoms with Crippen LogP contribution in [0.1, 0.15) is 90.9 Å². The third-order valence-electron chi connectivity index (χ3n) is 4.32. The highest BCUT2D eigenvalue weighted by Crippen LogP contribution is 2.05. The molecule has 0 rings (SSSR count). The molecule has 0 saturated heterocycles. The van der Waals surface area contributed by atoms with Gasteiger partial charge in [0.2, 0.25) is 0 Å². The van der Waals surface area contributed by atoms with E-state index >= 15 is 0 Å². The summed E-state index contributed by atoms with van der Waals surface area (Å²) < 4.78 is 21.6. The minimum Gasteiger partial charge on any atom is -0.466 e. The van der Waals surface area contributed by atoms with Crippen molar-refractivity contribution >= 4 is 5.97 Å². The molecule has 0 fully saturated rings. The van der Waals surface area contributed by atoms with Gasteiger partial charge in [0.25, 0.3) is 0 Å². The van der Waals surface area contributed by atoms with Crippen LogP contribution in [0.15, 0.2) is 0 Å². The molecule has 0 aromatic heterocycles. The molecule has 0 aromatic carbocycles. The molecule has 0 spiro atoms. The first-order valence-electron chi connectivity index (χ1n) is 11.2. The molecule has 0 unspecified atom stereocenters. The summed E-state index contributed by atoms with van der Waals surface area (Å²) in [4.78, 5) is 11.6. The SMILES string of the molecule is CCCCCCCCOC(=O)CCCOCCOCCOCCCCCC. The van der Waals surface area contributed by atoms with E-state index in [0.29, 0.717) is 52.5 Å². The second-order valence-electron chi connectivity index (χ2n) is 6.99. The van der Waals surface area contributed by atoms with Gasteiger partial charge < -0.3 is 18.9 Å². The van der Waals surface area contributed by atoms with E-state index in [-0.39, 0.29) is 5.97 Å². The van der Waals surface area contributed by atoms with Crippen molar-refractivity contribution in [1.29, 1.82) is 0 Å². The second kappa shape index (κ2) is 23.4. The minimum absolute atomic E-state index is 0.112. The molecule has 0 amide bonds. The van der Waals surface area contributed by atoms with Gasteiger partial charge in [0, 0.05) is 19.6 Å². The van der Waals surface area contributed by atoms with Gasteiger partial charge in [0.15, 0.2) is 0 Å². The smallest absolute Gasteiger partial charge is 0.305 e. The van der Waals surface area contributed by atoms with Gasteiger partial charge in [-0.25, -0.2) is 0 Å². The Balaban J connectivity index is 3.11. The van der Waals surface area contributed by atoms with E-state index in [1.165, 1.54) is 44.9 Å². The van der Waals surface area contributed by atoms with Crippen LogP contribution in [0.25, 0.3) is 0 Å². The minimum atomic E-state index is -0.112. The number of unbranched alkanes of at least 4 members (excludes halogenated alkanes) is 8. The first kappa shape index (κ1) is 26.4. The maximum absolute atomic E-state index is 11.6. The molecule has 0 aliphatic carbocycles. The fourth-order valence-corrected chi connectivity index (χ4v) is 2.63. The number of hydrogen-bond donors (Lipinski definition) is 0. The van der Waals surface area contributed by atoms with E-state index < -0.39 is 0 Å². The zero-order valence-electron chi connectivity index (χ0n) is 18.0. The number of ether oxygens (including phenoxy) is 4. The van der Waals surface area contributed by atoms with Crippen molar-refractivity contribution in [2.24, 2.45) is 0 Å². The maximum atomic E-state index is 11.6. The Morgan fingerprint density at radius 3 is 1.59 bits per heavy atom. The summed E-state index contributed by atoms with van der Waals surface area (Å²) in [5, 5.41) is 0. The van der Waals surface area contributed by atoms with Crippen molar-refractivity contribution in [3.8, 4) is 0 Å². The van der Waals surface area contributed by atoms with Crippen molar-refractivity contribution in [3.05, 3.63) is 0 Å². The van der Waals surface area contributed by atoms with Crippen molar-refractivity contribution in [2.45, 2.75) is 90.9 Å². The number of carbonyl (C=O) groups is 1. The lowest BCUT2D eigenvalue weighted by atomic mass is 10.1. The van der Waals surface area contributed by atoms with Crippen LogP contribution in [0.2, 0.25) is 0 Å². The third kappa shape index (κ3) is 23.3. The molecule has 5 nitrogen and oxygen atoms in total. The van der Waals surface area contributed by atoms with E-state index in [0.717, 1.165) is 25.9 Å². The predicted octanol–water partition coefficient (Wildman–Crippen LogP) is 5.30. The van der Waals surface area contributed by atoms with Crippen LogP contribution >= 0.6 is 0 Å². The third-order valence-corrected chi connectivity index (χ3v) is 4.32. The summed E-state index contributed by atoms with van der Waals surface area (Å²) >= 11 is 0. The summed E-state index contributed by atoms with van der Waals surface area (Å²) in [7, 11) is 0. The van der Waals surface area contributed by atoms with Gasteiger partial charge in [-0.15, -0.1) is 0 Å². The highest BCUT2D eigenvalue weighted by Gasteiger charge is 2.02. The first-order chi connectivity index (χ1) is 13.3. The number of carbonyl (C=O) groups excluding carboxylic acids is 1. The molecule has 0 aliphatic heterocycles. The van der Waals surface area contributed by atoms with Gasteiger partial charge in [-0.3, -0.25) is 4.79 Å².